The van der Waals surface area contributed by atoms with E-state index in [1.165, 1.54) is 12.3 Å². The van der Waals surface area contributed by atoms with Crippen LogP contribution in [0, 0.1) is 5.82 Å². The molecule has 0 amide bonds. The molecular weight excluding hydrogens is 257 g/mol. The van der Waals surface area contributed by atoms with Crippen LogP contribution in [0.15, 0.2) is 35.0 Å². The van der Waals surface area contributed by atoms with E-state index in [0.717, 1.165) is 6.20 Å². The fourth-order valence-corrected chi connectivity index (χ4v) is 1.79. The van der Waals surface area contributed by atoms with E-state index in [4.69, 9.17) is 21.8 Å². The van der Waals surface area contributed by atoms with Crippen molar-refractivity contribution in [3.05, 3.63) is 41.4 Å². The Morgan fingerprint density at radius 2 is 2.17 bits per heavy atom. The predicted octanol–water partition coefficient (Wildman–Crippen LogP) is 3.26. The largest absolute Gasteiger partial charge is 0.436 e. The molecule has 0 fully saturated rings. The Morgan fingerprint density at radius 1 is 1.33 bits per heavy atom. The van der Waals surface area contributed by atoms with Gasteiger partial charge in [-0.05, 0) is 12.1 Å². The number of hydrogen-bond donors (Lipinski definition) is 1. The summed E-state index contributed by atoms with van der Waals surface area (Å²) in [6.07, 6.45) is 2.57. The van der Waals surface area contributed by atoms with Crippen molar-refractivity contribution in [2.45, 2.75) is 0 Å². The number of halogens is 2. The Hall–Kier alpha value is -2.14. The smallest absolute Gasteiger partial charge is 0.230 e. The molecule has 0 atom stereocenters. The molecule has 0 saturated heterocycles. The third-order valence-corrected chi connectivity index (χ3v) is 2.84. The molecule has 0 aliphatic carbocycles. The van der Waals surface area contributed by atoms with Crippen molar-refractivity contribution in [3.8, 4) is 11.5 Å². The average molecular weight is 264 g/mol. The van der Waals surface area contributed by atoms with Crippen molar-refractivity contribution in [2.24, 2.45) is 0 Å². The lowest BCUT2D eigenvalue weighted by atomic mass is 10.2. The maximum Gasteiger partial charge on any atom is 0.230 e. The van der Waals surface area contributed by atoms with Crippen LogP contribution >= 0.6 is 11.6 Å². The molecule has 0 spiro atoms. The van der Waals surface area contributed by atoms with Gasteiger partial charge in [0.1, 0.15) is 5.52 Å². The van der Waals surface area contributed by atoms with Gasteiger partial charge >= 0.3 is 0 Å². The third-order valence-electron chi connectivity index (χ3n) is 2.51. The van der Waals surface area contributed by atoms with E-state index in [1.54, 1.807) is 12.1 Å². The summed E-state index contributed by atoms with van der Waals surface area (Å²) in [6, 6.07) is 4.64. The van der Waals surface area contributed by atoms with E-state index in [0.29, 0.717) is 21.8 Å². The second-order valence-corrected chi connectivity index (χ2v) is 4.12. The Morgan fingerprint density at radius 3 is 2.94 bits per heavy atom. The van der Waals surface area contributed by atoms with Gasteiger partial charge in [-0.25, -0.2) is 9.37 Å². The first-order chi connectivity index (χ1) is 8.65. The van der Waals surface area contributed by atoms with Crippen molar-refractivity contribution < 1.29 is 8.81 Å². The Labute approximate surface area is 106 Å². The van der Waals surface area contributed by atoms with Crippen LogP contribution in [-0.4, -0.2) is 9.97 Å². The van der Waals surface area contributed by atoms with Crippen molar-refractivity contribution in [3.63, 3.8) is 0 Å². The summed E-state index contributed by atoms with van der Waals surface area (Å²) in [7, 11) is 0. The van der Waals surface area contributed by atoms with Crippen LogP contribution < -0.4 is 5.73 Å². The number of fused-ring (bicyclic) bond motifs is 1. The highest BCUT2D eigenvalue weighted by atomic mass is 35.5. The van der Waals surface area contributed by atoms with Crippen molar-refractivity contribution in [2.75, 3.05) is 5.73 Å². The molecule has 18 heavy (non-hydrogen) atoms. The number of rotatable bonds is 1. The molecule has 0 unspecified atom stereocenters. The van der Waals surface area contributed by atoms with Crippen LogP contribution in [0.4, 0.5) is 10.1 Å². The minimum Gasteiger partial charge on any atom is -0.436 e. The van der Waals surface area contributed by atoms with Gasteiger partial charge in [0, 0.05) is 12.3 Å². The summed E-state index contributed by atoms with van der Waals surface area (Å²) in [6.45, 7) is 0. The second-order valence-electron chi connectivity index (χ2n) is 3.72. The monoisotopic (exact) mass is 263 g/mol. The molecule has 0 aliphatic heterocycles. The standard InChI is InChI=1S/C12H7ClFN3O/c13-7-3-10-11(4-9(7)15)18-12(17-10)6-1-2-16-5-8(6)14/h1-5H,15H2. The molecule has 3 rings (SSSR count). The summed E-state index contributed by atoms with van der Waals surface area (Å²) in [4.78, 5) is 7.84. The van der Waals surface area contributed by atoms with E-state index in [2.05, 4.69) is 9.97 Å². The molecule has 0 saturated carbocycles. The first-order valence-corrected chi connectivity index (χ1v) is 5.48. The molecule has 4 nitrogen and oxygen atoms in total. The lowest BCUT2D eigenvalue weighted by Crippen LogP contribution is -1.85. The lowest BCUT2D eigenvalue weighted by molar-refractivity contribution is 0.590. The normalized spacial score (nSPS) is 11.0. The van der Waals surface area contributed by atoms with Crippen LogP contribution in [0.5, 0.6) is 0 Å². The molecule has 2 aromatic heterocycles. The van der Waals surface area contributed by atoms with Crippen LogP contribution in [0.3, 0.4) is 0 Å². The van der Waals surface area contributed by atoms with Crippen molar-refractivity contribution >= 4 is 28.4 Å². The van der Waals surface area contributed by atoms with Crippen LogP contribution in [0.25, 0.3) is 22.6 Å². The second kappa shape index (κ2) is 3.96. The van der Waals surface area contributed by atoms with Gasteiger partial charge in [0.15, 0.2) is 11.4 Å². The van der Waals surface area contributed by atoms with Crippen molar-refractivity contribution in [1.29, 1.82) is 0 Å². The first kappa shape index (κ1) is 11.0. The number of oxazole rings is 1. The summed E-state index contributed by atoms with van der Waals surface area (Å²) < 4.78 is 19.0. The summed E-state index contributed by atoms with van der Waals surface area (Å²) in [5.74, 6) is -0.324. The maximum absolute atomic E-state index is 13.5. The predicted molar refractivity (Wildman–Crippen MR) is 66.6 cm³/mol. The van der Waals surface area contributed by atoms with Crippen LogP contribution in [0.1, 0.15) is 0 Å². The number of pyridine rings is 1. The zero-order valence-electron chi connectivity index (χ0n) is 9.02. The van der Waals surface area contributed by atoms with E-state index in [9.17, 15) is 4.39 Å². The summed E-state index contributed by atoms with van der Waals surface area (Å²) in [5.41, 5.74) is 7.29. The molecule has 3 aromatic rings. The van der Waals surface area contributed by atoms with Gasteiger partial charge in [0.05, 0.1) is 22.5 Å². The molecule has 0 aliphatic rings. The lowest BCUT2D eigenvalue weighted by Gasteiger charge is -1.95. The summed E-state index contributed by atoms with van der Waals surface area (Å²) >= 11 is 5.88. The van der Waals surface area contributed by atoms with Crippen molar-refractivity contribution in [1.82, 2.24) is 9.97 Å². The summed E-state index contributed by atoms with van der Waals surface area (Å²) in [5, 5.41) is 0.387. The Kier molecular flexibility index (Phi) is 2.41. The van der Waals surface area contributed by atoms with E-state index in [1.807, 2.05) is 0 Å². The van der Waals surface area contributed by atoms with Crippen LogP contribution in [0.2, 0.25) is 5.02 Å². The first-order valence-electron chi connectivity index (χ1n) is 5.10. The molecule has 0 radical (unpaired) electrons. The molecular formula is C12H7ClFN3O. The van der Waals surface area contributed by atoms with E-state index < -0.39 is 5.82 Å². The Balaban J connectivity index is 2.23. The molecule has 2 N–H and O–H groups in total. The number of nitrogens with two attached hydrogens (primary N) is 1. The quantitative estimate of drug-likeness (QED) is 0.685. The van der Waals surface area contributed by atoms with Crippen LogP contribution in [-0.2, 0) is 0 Å². The minimum absolute atomic E-state index is 0.173. The van der Waals surface area contributed by atoms with Gasteiger partial charge in [0.2, 0.25) is 5.89 Å². The molecule has 0 bridgehead atoms. The molecule has 6 heteroatoms. The van der Waals surface area contributed by atoms with Gasteiger partial charge in [-0.15, -0.1) is 0 Å². The van der Waals surface area contributed by atoms with Gasteiger partial charge in [-0.1, -0.05) is 11.6 Å². The highest BCUT2D eigenvalue weighted by molar-refractivity contribution is 6.33. The average Bonchev–Trinajstić information content (AvgIpc) is 2.73. The molecule has 1 aromatic carbocycles. The topological polar surface area (TPSA) is 64.9 Å². The SMILES string of the molecule is Nc1cc2oc(-c3ccncc3F)nc2cc1Cl. The number of nitrogens with zero attached hydrogens (tertiary/aromatic N) is 2. The fourth-order valence-electron chi connectivity index (χ4n) is 1.63. The van der Waals surface area contributed by atoms with Gasteiger partial charge in [0.25, 0.3) is 0 Å². The zero-order chi connectivity index (χ0) is 12.7. The molecule has 90 valence electrons. The van der Waals surface area contributed by atoms with E-state index in [-0.39, 0.29) is 11.5 Å². The number of aromatic nitrogens is 2. The Bertz CT molecular complexity index is 702. The third kappa shape index (κ3) is 1.69. The number of benzene rings is 1. The van der Waals surface area contributed by atoms with Gasteiger partial charge in [-0.2, -0.15) is 0 Å². The maximum atomic E-state index is 13.5. The minimum atomic E-state index is -0.497. The highest BCUT2D eigenvalue weighted by Gasteiger charge is 2.13. The van der Waals surface area contributed by atoms with Gasteiger partial charge < -0.3 is 10.2 Å². The highest BCUT2D eigenvalue weighted by Crippen LogP contribution is 2.30. The van der Waals surface area contributed by atoms with Gasteiger partial charge in [-0.3, -0.25) is 4.98 Å². The van der Waals surface area contributed by atoms with E-state index >= 15 is 0 Å². The number of hydrogen-bond acceptors (Lipinski definition) is 4. The number of nitrogen functional groups attached to an aromatic ring is 1. The zero-order valence-corrected chi connectivity index (χ0v) is 9.78. The fraction of sp³-hybridized carbons (Fsp3) is 0. The number of anilines is 1. The molecule has 2 heterocycles.